The van der Waals surface area contributed by atoms with Crippen molar-refractivity contribution in [3.63, 3.8) is 0 Å². The molecule has 0 aromatic heterocycles. The van der Waals surface area contributed by atoms with E-state index >= 15 is 0 Å². The number of fused-ring (bicyclic) bond motifs is 1. The van der Waals surface area contributed by atoms with Crippen LogP contribution in [0.4, 0.5) is 5.69 Å². The molecule has 3 rings (SSSR count). The lowest BCUT2D eigenvalue weighted by Gasteiger charge is -2.20. The lowest BCUT2D eigenvalue weighted by Crippen LogP contribution is -2.35. The van der Waals surface area contributed by atoms with Crippen LogP contribution in [0.5, 0.6) is 0 Å². The summed E-state index contributed by atoms with van der Waals surface area (Å²) in [5.41, 5.74) is 1.86. The molecular weight excluding hydrogens is 268 g/mol. The summed E-state index contributed by atoms with van der Waals surface area (Å²) in [7, 11) is 0. The highest BCUT2D eigenvalue weighted by Crippen LogP contribution is 2.38. The van der Waals surface area contributed by atoms with Crippen LogP contribution in [0, 0.1) is 0 Å². The molecule has 2 atom stereocenters. The molecule has 2 unspecified atom stereocenters. The SMILES string of the molecule is O=C(O)CC1CN(C(=O)CC2CCCN2)c2ccccc21. The first-order valence-corrected chi connectivity index (χ1v) is 7.49. The number of hydrogen-bond donors (Lipinski definition) is 2. The molecule has 1 aromatic rings. The van der Waals surface area contributed by atoms with E-state index in [0.29, 0.717) is 13.0 Å². The van der Waals surface area contributed by atoms with Crippen LogP contribution in [-0.4, -0.2) is 36.1 Å². The van der Waals surface area contributed by atoms with Crippen molar-refractivity contribution < 1.29 is 14.7 Å². The molecule has 2 heterocycles. The number of rotatable bonds is 4. The monoisotopic (exact) mass is 288 g/mol. The van der Waals surface area contributed by atoms with E-state index in [4.69, 9.17) is 5.11 Å². The van der Waals surface area contributed by atoms with Gasteiger partial charge >= 0.3 is 5.97 Å². The first kappa shape index (κ1) is 14.1. The largest absolute Gasteiger partial charge is 0.481 e. The Morgan fingerprint density at radius 2 is 2.10 bits per heavy atom. The van der Waals surface area contributed by atoms with Crippen molar-refractivity contribution >= 4 is 17.6 Å². The van der Waals surface area contributed by atoms with E-state index in [1.165, 1.54) is 0 Å². The van der Waals surface area contributed by atoms with E-state index in [1.54, 1.807) is 4.90 Å². The number of carboxylic acid groups (broad SMARTS) is 1. The van der Waals surface area contributed by atoms with Gasteiger partial charge in [0.1, 0.15) is 0 Å². The molecule has 2 aliphatic rings. The molecule has 1 fully saturated rings. The number of carboxylic acids is 1. The topological polar surface area (TPSA) is 69.6 Å². The molecule has 0 bridgehead atoms. The summed E-state index contributed by atoms with van der Waals surface area (Å²) in [4.78, 5) is 25.3. The minimum atomic E-state index is -0.818. The van der Waals surface area contributed by atoms with E-state index in [1.807, 2.05) is 24.3 Å². The number of aliphatic carboxylic acids is 1. The molecule has 2 N–H and O–H groups in total. The maximum absolute atomic E-state index is 12.5. The fourth-order valence-electron chi connectivity index (χ4n) is 3.37. The van der Waals surface area contributed by atoms with Crippen LogP contribution in [0.3, 0.4) is 0 Å². The van der Waals surface area contributed by atoms with E-state index < -0.39 is 5.97 Å². The molecule has 1 amide bonds. The highest BCUT2D eigenvalue weighted by molar-refractivity contribution is 5.96. The summed E-state index contributed by atoms with van der Waals surface area (Å²) in [5, 5.41) is 12.4. The third kappa shape index (κ3) is 2.93. The van der Waals surface area contributed by atoms with Gasteiger partial charge in [0.05, 0.1) is 6.42 Å². The minimum absolute atomic E-state index is 0.0719. The molecule has 112 valence electrons. The summed E-state index contributed by atoms with van der Waals surface area (Å²) in [5.74, 6) is -0.824. The smallest absolute Gasteiger partial charge is 0.304 e. The summed E-state index contributed by atoms with van der Waals surface area (Å²) >= 11 is 0. The maximum atomic E-state index is 12.5. The average Bonchev–Trinajstić information content (AvgIpc) is 3.07. The summed E-state index contributed by atoms with van der Waals surface area (Å²) in [6.45, 7) is 1.47. The van der Waals surface area contributed by atoms with Crippen LogP contribution >= 0.6 is 0 Å². The lowest BCUT2D eigenvalue weighted by molar-refractivity contribution is -0.137. The van der Waals surface area contributed by atoms with Gasteiger partial charge < -0.3 is 15.3 Å². The molecule has 0 spiro atoms. The first-order chi connectivity index (χ1) is 10.1. The third-order valence-corrected chi connectivity index (χ3v) is 4.38. The van der Waals surface area contributed by atoms with Gasteiger partial charge in [-0.25, -0.2) is 0 Å². The second-order valence-electron chi connectivity index (χ2n) is 5.86. The Morgan fingerprint density at radius 1 is 1.29 bits per heavy atom. The summed E-state index contributed by atoms with van der Waals surface area (Å²) in [6, 6.07) is 7.92. The first-order valence-electron chi connectivity index (χ1n) is 7.49. The minimum Gasteiger partial charge on any atom is -0.481 e. The van der Waals surface area contributed by atoms with Gasteiger partial charge in [0.25, 0.3) is 0 Å². The number of nitrogens with one attached hydrogen (secondary N) is 1. The predicted octanol–water partition coefficient (Wildman–Crippen LogP) is 1.73. The fraction of sp³-hybridized carbons (Fsp3) is 0.500. The van der Waals surface area contributed by atoms with Crippen LogP contribution in [0.25, 0.3) is 0 Å². The molecule has 1 saturated heterocycles. The summed E-state index contributed by atoms with van der Waals surface area (Å²) in [6.07, 6.45) is 2.73. The van der Waals surface area contributed by atoms with Gasteiger partial charge in [-0.1, -0.05) is 18.2 Å². The van der Waals surface area contributed by atoms with E-state index in [2.05, 4.69) is 5.32 Å². The second kappa shape index (κ2) is 5.85. The lowest BCUT2D eigenvalue weighted by atomic mass is 9.98. The highest BCUT2D eigenvalue weighted by Gasteiger charge is 2.34. The zero-order valence-electron chi connectivity index (χ0n) is 11.9. The van der Waals surface area contributed by atoms with Crippen LogP contribution in [0.2, 0.25) is 0 Å². The van der Waals surface area contributed by atoms with Crippen LogP contribution in [0.15, 0.2) is 24.3 Å². The molecule has 5 nitrogen and oxygen atoms in total. The van der Waals surface area contributed by atoms with Gasteiger partial charge in [-0.05, 0) is 31.0 Å². The number of carbonyl (C=O) groups excluding carboxylic acids is 1. The van der Waals surface area contributed by atoms with E-state index in [0.717, 1.165) is 30.6 Å². The van der Waals surface area contributed by atoms with Crippen LogP contribution < -0.4 is 10.2 Å². The Balaban J connectivity index is 1.76. The van der Waals surface area contributed by atoms with Crippen molar-refractivity contribution in [1.82, 2.24) is 5.32 Å². The standard InChI is InChI=1S/C16H20N2O3/c19-15(9-12-4-3-7-17-12)18-10-11(8-16(20)21)13-5-1-2-6-14(13)18/h1-2,5-6,11-12,17H,3-4,7-10H2,(H,20,21). The Morgan fingerprint density at radius 3 is 2.81 bits per heavy atom. The molecule has 2 aliphatic heterocycles. The van der Waals surface area contributed by atoms with Crippen LogP contribution in [-0.2, 0) is 9.59 Å². The Labute approximate surface area is 123 Å². The normalized spacial score (nSPS) is 24.1. The Kier molecular flexibility index (Phi) is 3.92. The Bertz CT molecular complexity index is 552. The molecule has 5 heteroatoms. The van der Waals surface area contributed by atoms with Gasteiger partial charge in [-0.3, -0.25) is 9.59 Å². The van der Waals surface area contributed by atoms with E-state index in [-0.39, 0.29) is 24.3 Å². The van der Waals surface area contributed by atoms with Crippen LogP contribution in [0.1, 0.15) is 37.2 Å². The molecule has 21 heavy (non-hydrogen) atoms. The van der Waals surface area contributed by atoms with Gasteiger partial charge in [0, 0.05) is 30.6 Å². The zero-order valence-corrected chi connectivity index (χ0v) is 11.9. The van der Waals surface area contributed by atoms with Crippen molar-refractivity contribution in [1.29, 1.82) is 0 Å². The van der Waals surface area contributed by atoms with E-state index in [9.17, 15) is 9.59 Å². The quantitative estimate of drug-likeness (QED) is 0.885. The second-order valence-corrected chi connectivity index (χ2v) is 5.86. The molecule has 1 aromatic carbocycles. The number of nitrogens with zero attached hydrogens (tertiary/aromatic N) is 1. The van der Waals surface area contributed by atoms with Crippen molar-refractivity contribution in [3.8, 4) is 0 Å². The number of amides is 1. The average molecular weight is 288 g/mol. The molecule has 0 saturated carbocycles. The van der Waals surface area contributed by atoms with Gasteiger partial charge in [-0.15, -0.1) is 0 Å². The number of benzene rings is 1. The summed E-state index contributed by atoms with van der Waals surface area (Å²) < 4.78 is 0. The highest BCUT2D eigenvalue weighted by atomic mass is 16.4. The van der Waals surface area contributed by atoms with Crippen molar-refractivity contribution in [3.05, 3.63) is 29.8 Å². The van der Waals surface area contributed by atoms with Crippen molar-refractivity contribution in [2.24, 2.45) is 0 Å². The van der Waals surface area contributed by atoms with Gasteiger partial charge in [0.15, 0.2) is 0 Å². The van der Waals surface area contributed by atoms with Crippen molar-refractivity contribution in [2.75, 3.05) is 18.0 Å². The third-order valence-electron chi connectivity index (χ3n) is 4.38. The Hall–Kier alpha value is -1.88. The van der Waals surface area contributed by atoms with Gasteiger partial charge in [0.2, 0.25) is 5.91 Å². The number of carbonyl (C=O) groups is 2. The number of anilines is 1. The zero-order chi connectivity index (χ0) is 14.8. The van der Waals surface area contributed by atoms with Crippen molar-refractivity contribution in [2.45, 2.75) is 37.6 Å². The molecule has 0 radical (unpaired) electrons. The predicted molar refractivity (Wildman–Crippen MR) is 79.4 cm³/mol. The number of para-hydroxylation sites is 1. The van der Waals surface area contributed by atoms with Gasteiger partial charge in [-0.2, -0.15) is 0 Å². The molecular formula is C16H20N2O3. The maximum Gasteiger partial charge on any atom is 0.304 e. The number of hydrogen-bond acceptors (Lipinski definition) is 3. The fourth-order valence-corrected chi connectivity index (χ4v) is 3.37. The molecule has 0 aliphatic carbocycles.